The number of benzene rings is 1. The molecule has 0 saturated carbocycles. The molecule has 1 aliphatic rings. The zero-order valence-electron chi connectivity index (χ0n) is 13.2. The van der Waals surface area contributed by atoms with Crippen LogP contribution in [0.25, 0.3) is 0 Å². The summed E-state index contributed by atoms with van der Waals surface area (Å²) in [5.41, 5.74) is 1.02. The second-order valence-corrected chi connectivity index (χ2v) is 6.60. The van der Waals surface area contributed by atoms with E-state index in [2.05, 4.69) is 11.1 Å². The predicted molar refractivity (Wildman–Crippen MR) is 87.0 cm³/mol. The molecular weight excluding hydrogens is 351 g/mol. The van der Waals surface area contributed by atoms with E-state index in [1.807, 2.05) is 4.90 Å². The fourth-order valence-corrected chi connectivity index (χ4v) is 3.78. The van der Waals surface area contributed by atoms with Gasteiger partial charge in [0.05, 0.1) is 16.5 Å². The Hall–Kier alpha value is -2.11. The number of aromatic nitrogens is 1. The Morgan fingerprint density at radius 1 is 1.28 bits per heavy atom. The van der Waals surface area contributed by atoms with Gasteiger partial charge in [0.25, 0.3) is 6.43 Å². The number of thiazole rings is 1. The maximum atomic E-state index is 13.7. The van der Waals surface area contributed by atoms with Gasteiger partial charge in [-0.05, 0) is 25.0 Å². The highest BCUT2D eigenvalue weighted by Gasteiger charge is 2.31. The first-order valence-electron chi connectivity index (χ1n) is 7.86. The van der Waals surface area contributed by atoms with Gasteiger partial charge in [0.1, 0.15) is 17.8 Å². The lowest BCUT2D eigenvalue weighted by atomic mass is 10.0. The lowest BCUT2D eigenvalue weighted by molar-refractivity contribution is 0.0839. The Morgan fingerprint density at radius 3 is 2.64 bits per heavy atom. The third-order valence-electron chi connectivity index (χ3n) is 4.17. The number of halogens is 3. The van der Waals surface area contributed by atoms with Crippen LogP contribution in [0.5, 0.6) is 5.75 Å². The number of likely N-dealkylation sites (tertiary alicyclic amines) is 1. The van der Waals surface area contributed by atoms with E-state index in [1.54, 1.807) is 18.2 Å². The summed E-state index contributed by atoms with van der Waals surface area (Å²) in [6, 6.07) is 7.57. The molecule has 4 nitrogen and oxygen atoms in total. The first-order valence-corrected chi connectivity index (χ1v) is 8.74. The first kappa shape index (κ1) is 17.7. The third-order valence-corrected chi connectivity index (χ3v) is 5.07. The summed E-state index contributed by atoms with van der Waals surface area (Å²) in [5.74, 6) is -0.203. The van der Waals surface area contributed by atoms with Crippen molar-refractivity contribution in [3.8, 4) is 11.8 Å². The summed E-state index contributed by atoms with van der Waals surface area (Å²) in [7, 11) is 0. The van der Waals surface area contributed by atoms with Crippen LogP contribution in [0.2, 0.25) is 0 Å². The van der Waals surface area contributed by atoms with Gasteiger partial charge < -0.3 is 4.74 Å². The van der Waals surface area contributed by atoms with Crippen LogP contribution >= 0.6 is 11.3 Å². The van der Waals surface area contributed by atoms with Gasteiger partial charge in [-0.15, -0.1) is 11.3 Å². The minimum atomic E-state index is -2.70. The molecule has 0 bridgehead atoms. The molecule has 1 aromatic heterocycles. The number of para-hydroxylation sites is 1. The maximum Gasteiger partial charge on any atom is 0.281 e. The van der Waals surface area contributed by atoms with E-state index in [0.29, 0.717) is 30.8 Å². The van der Waals surface area contributed by atoms with Gasteiger partial charge >= 0.3 is 0 Å². The first-order chi connectivity index (χ1) is 12.1. The van der Waals surface area contributed by atoms with Gasteiger partial charge in [-0.25, -0.2) is 18.2 Å². The van der Waals surface area contributed by atoms with Gasteiger partial charge in [-0.1, -0.05) is 12.1 Å². The van der Waals surface area contributed by atoms with Crippen molar-refractivity contribution in [1.29, 1.82) is 5.26 Å². The summed E-state index contributed by atoms with van der Waals surface area (Å²) in [5, 5.41) is 9.46. The highest BCUT2D eigenvalue weighted by Crippen LogP contribution is 2.34. The van der Waals surface area contributed by atoms with Crippen LogP contribution in [0.4, 0.5) is 13.2 Å². The number of rotatable bonds is 5. The van der Waals surface area contributed by atoms with Crippen molar-refractivity contribution in [1.82, 2.24) is 9.88 Å². The van der Waals surface area contributed by atoms with Gasteiger partial charge in [0.15, 0.2) is 11.6 Å². The topological polar surface area (TPSA) is 49.2 Å². The van der Waals surface area contributed by atoms with E-state index in [9.17, 15) is 18.4 Å². The van der Waals surface area contributed by atoms with Crippen LogP contribution < -0.4 is 4.74 Å². The highest BCUT2D eigenvalue weighted by molar-refractivity contribution is 7.09. The lowest BCUT2D eigenvalue weighted by Crippen LogP contribution is -2.40. The number of hydrogen-bond acceptors (Lipinski definition) is 5. The van der Waals surface area contributed by atoms with Crippen molar-refractivity contribution < 1.29 is 17.9 Å². The van der Waals surface area contributed by atoms with Crippen molar-refractivity contribution in [2.45, 2.75) is 31.4 Å². The number of hydrogen-bond donors (Lipinski definition) is 0. The minimum Gasteiger partial charge on any atom is -0.487 e. The molecule has 0 radical (unpaired) electrons. The number of alkyl halides is 2. The van der Waals surface area contributed by atoms with Crippen molar-refractivity contribution in [2.75, 3.05) is 13.1 Å². The number of ether oxygens (including phenoxy) is 1. The number of nitriles is 1. The molecule has 0 aliphatic carbocycles. The second-order valence-electron chi connectivity index (χ2n) is 5.72. The predicted octanol–water partition coefficient (Wildman–Crippen LogP) is 4.33. The zero-order valence-corrected chi connectivity index (χ0v) is 14.1. The maximum absolute atomic E-state index is 13.7. The Bertz CT molecular complexity index is 754. The molecule has 2 heterocycles. The van der Waals surface area contributed by atoms with Gasteiger partial charge in [0.2, 0.25) is 0 Å². The molecule has 8 heteroatoms. The van der Waals surface area contributed by atoms with E-state index in [0.717, 1.165) is 11.3 Å². The Balaban J connectivity index is 1.64. The van der Waals surface area contributed by atoms with Crippen LogP contribution in [-0.4, -0.2) is 29.1 Å². The third kappa shape index (κ3) is 3.94. The smallest absolute Gasteiger partial charge is 0.281 e. The summed E-state index contributed by atoms with van der Waals surface area (Å²) in [6.07, 6.45) is -1.67. The fraction of sp³-hybridized carbons (Fsp3) is 0.412. The van der Waals surface area contributed by atoms with Gasteiger partial charge in [-0.2, -0.15) is 5.26 Å². The SMILES string of the molecule is N#CC(c1scnc1C(F)F)N1CCC(Oc2ccccc2F)CC1. The molecule has 25 heavy (non-hydrogen) atoms. The normalized spacial score (nSPS) is 17.4. The van der Waals surface area contributed by atoms with Crippen LogP contribution in [0.1, 0.15) is 35.9 Å². The van der Waals surface area contributed by atoms with Crippen molar-refractivity contribution in [3.63, 3.8) is 0 Å². The van der Waals surface area contributed by atoms with Crippen molar-refractivity contribution in [2.24, 2.45) is 0 Å². The Morgan fingerprint density at radius 2 is 2.00 bits per heavy atom. The van der Waals surface area contributed by atoms with E-state index in [4.69, 9.17) is 4.74 Å². The highest BCUT2D eigenvalue weighted by atomic mass is 32.1. The molecule has 3 rings (SSSR count). The molecule has 1 aliphatic heterocycles. The summed E-state index contributed by atoms with van der Waals surface area (Å²) in [4.78, 5) is 5.83. The number of piperidine rings is 1. The van der Waals surface area contributed by atoms with E-state index >= 15 is 0 Å². The molecule has 1 fully saturated rings. The van der Waals surface area contributed by atoms with Crippen molar-refractivity contribution in [3.05, 3.63) is 46.2 Å². The average molecular weight is 367 g/mol. The molecule has 1 atom stereocenters. The van der Waals surface area contributed by atoms with Gasteiger partial charge in [-0.3, -0.25) is 4.90 Å². The van der Waals surface area contributed by atoms with Crippen molar-refractivity contribution >= 4 is 11.3 Å². The molecule has 2 aromatic rings. The Kier molecular flexibility index (Phi) is 5.56. The van der Waals surface area contributed by atoms with Crippen LogP contribution in [0.3, 0.4) is 0 Å². The molecule has 132 valence electrons. The lowest BCUT2D eigenvalue weighted by Gasteiger charge is -2.34. The molecular formula is C17H16F3N3OS. The molecule has 0 amide bonds. The van der Waals surface area contributed by atoms with E-state index < -0.39 is 18.3 Å². The van der Waals surface area contributed by atoms with Crippen LogP contribution in [-0.2, 0) is 0 Å². The molecule has 1 saturated heterocycles. The van der Waals surface area contributed by atoms with E-state index in [1.165, 1.54) is 11.6 Å². The minimum absolute atomic E-state index is 0.163. The standard InChI is InChI=1S/C17H16F3N3OS/c18-12-3-1-2-4-14(12)24-11-5-7-23(8-6-11)13(9-21)16-15(17(19)20)22-10-25-16/h1-4,10-11,13,17H,5-8H2. The Labute approximate surface area is 147 Å². The molecule has 1 unspecified atom stereocenters. The number of nitrogens with zero attached hydrogens (tertiary/aromatic N) is 3. The monoisotopic (exact) mass is 367 g/mol. The summed E-state index contributed by atoms with van der Waals surface area (Å²) >= 11 is 1.07. The molecule has 1 aromatic carbocycles. The molecule has 0 N–H and O–H groups in total. The zero-order chi connectivity index (χ0) is 17.8. The summed E-state index contributed by atoms with van der Waals surface area (Å²) in [6.45, 7) is 1.02. The van der Waals surface area contributed by atoms with Gasteiger partial charge in [0, 0.05) is 13.1 Å². The second kappa shape index (κ2) is 7.85. The quantitative estimate of drug-likeness (QED) is 0.789. The average Bonchev–Trinajstić information content (AvgIpc) is 3.09. The van der Waals surface area contributed by atoms with E-state index in [-0.39, 0.29) is 17.5 Å². The fourth-order valence-electron chi connectivity index (χ4n) is 2.91. The van der Waals surface area contributed by atoms with Crippen LogP contribution in [0, 0.1) is 17.1 Å². The largest absolute Gasteiger partial charge is 0.487 e. The van der Waals surface area contributed by atoms with Crippen LogP contribution in [0.15, 0.2) is 29.8 Å². The summed E-state index contributed by atoms with van der Waals surface area (Å²) < 4.78 is 45.4. The molecule has 0 spiro atoms.